The molecule has 0 bridgehead atoms. The number of aliphatic carboxylic acids is 2. The number of rotatable bonds is 10. The lowest BCUT2D eigenvalue weighted by Gasteiger charge is -2.19. The van der Waals surface area contributed by atoms with E-state index >= 15 is 0 Å². The molecule has 1 saturated heterocycles. The Morgan fingerprint density at radius 2 is 1.81 bits per heavy atom. The maximum Gasteiger partial charge on any atom is 0.323 e. The quantitative estimate of drug-likeness (QED) is 0.266. The molecule has 2 N–H and O–H groups in total. The topological polar surface area (TPSA) is 187 Å². The Morgan fingerprint density at radius 3 is 2.45 bits per heavy atom. The molecule has 1 aromatic carbocycles. The van der Waals surface area contributed by atoms with Gasteiger partial charge in [-0.25, -0.2) is 8.42 Å². The highest BCUT2D eigenvalue weighted by atomic mass is 32.2. The molecule has 13 nitrogen and oxygen atoms in total. The number of carbonyl (C=O) groups excluding carboxylic acids is 1. The van der Waals surface area contributed by atoms with E-state index in [0.717, 1.165) is 32.6 Å². The third-order valence-corrected chi connectivity index (χ3v) is 9.28. The molecule has 17 heteroatoms. The lowest BCUT2D eigenvalue weighted by molar-refractivity contribution is -0.140. The van der Waals surface area contributed by atoms with Crippen molar-refractivity contribution >= 4 is 84.3 Å². The van der Waals surface area contributed by atoms with Crippen LogP contribution in [0, 0.1) is 0 Å². The summed E-state index contributed by atoms with van der Waals surface area (Å²) in [5, 5.41) is 18.5. The van der Waals surface area contributed by atoms with E-state index in [1.807, 2.05) is 6.92 Å². The summed E-state index contributed by atoms with van der Waals surface area (Å²) in [6.45, 7) is 0.251. The van der Waals surface area contributed by atoms with Crippen LogP contribution < -0.4 is 24.4 Å². The van der Waals surface area contributed by atoms with Gasteiger partial charge in [-0.2, -0.15) is 0 Å². The van der Waals surface area contributed by atoms with Crippen molar-refractivity contribution < 1.29 is 42.3 Å². The molecule has 2 aliphatic rings. The predicted octanol–water partition coefficient (Wildman–Crippen LogP) is 0.450. The summed E-state index contributed by atoms with van der Waals surface area (Å²) < 4.78 is 40.7. The first-order chi connectivity index (χ1) is 19.8. The number of para-hydroxylation sites is 2. The maximum atomic E-state index is 13.3. The van der Waals surface area contributed by atoms with E-state index in [1.54, 1.807) is 41.3 Å². The molecule has 1 amide bonds. The van der Waals surface area contributed by atoms with Gasteiger partial charge in [0, 0.05) is 6.54 Å². The number of allylic oxidation sites excluding steroid dienone is 3. The molecule has 0 atom stereocenters. The predicted molar refractivity (Wildman–Crippen MR) is 158 cm³/mol. The minimum absolute atomic E-state index is 0.0293. The number of thiazole rings is 1. The van der Waals surface area contributed by atoms with Crippen molar-refractivity contribution in [2.45, 2.75) is 19.9 Å². The van der Waals surface area contributed by atoms with Gasteiger partial charge >= 0.3 is 11.9 Å². The lowest BCUT2D eigenvalue weighted by Crippen LogP contribution is -2.36. The van der Waals surface area contributed by atoms with Crippen molar-refractivity contribution in [1.82, 2.24) is 9.47 Å². The van der Waals surface area contributed by atoms with E-state index < -0.39 is 52.4 Å². The highest BCUT2D eigenvalue weighted by Crippen LogP contribution is 2.38. The van der Waals surface area contributed by atoms with Gasteiger partial charge in [-0.15, -0.1) is 11.3 Å². The molecule has 0 radical (unpaired) electrons. The van der Waals surface area contributed by atoms with Gasteiger partial charge in [-0.3, -0.25) is 28.6 Å². The standard InChI is InChI=1S/C25H23N3O10S4/c1-2-14(7-8-18-26(9-10-42(35,36)37)15-5-3-4-6-16(15)38-18)11-17-22(33)27(12-19(29)30)24(40-17)21-23(34)28(13-20(31)32)25(39)41-21/h3-8,11H,2,9-10,12-13H2,1H3,(H,29,30)(H,31,32)(H,35,36,37)/p-1/b14-7?,17-11?,18-8?,24-21+. The molecule has 0 saturated carbocycles. The van der Waals surface area contributed by atoms with Crippen LogP contribution in [0.2, 0.25) is 0 Å². The van der Waals surface area contributed by atoms with Crippen molar-refractivity contribution in [1.29, 1.82) is 0 Å². The van der Waals surface area contributed by atoms with E-state index in [9.17, 15) is 37.3 Å². The zero-order valence-electron chi connectivity index (χ0n) is 21.7. The number of hydrogen-bond donors (Lipinski definition) is 2. The van der Waals surface area contributed by atoms with Crippen molar-refractivity contribution in [3.8, 4) is 5.75 Å². The number of fused-ring (bicyclic) bond motifs is 1. The zero-order valence-corrected chi connectivity index (χ0v) is 25.0. The zero-order chi connectivity index (χ0) is 30.8. The van der Waals surface area contributed by atoms with Gasteiger partial charge in [0.05, 0.1) is 26.1 Å². The van der Waals surface area contributed by atoms with Crippen LogP contribution in [-0.2, 0) is 31.0 Å². The van der Waals surface area contributed by atoms with Crippen molar-refractivity contribution in [3.63, 3.8) is 0 Å². The van der Waals surface area contributed by atoms with E-state index in [1.165, 1.54) is 6.08 Å². The second-order valence-electron chi connectivity index (χ2n) is 8.77. The number of hydrogen-bond acceptors (Lipinski definition) is 12. The molecule has 2 aliphatic heterocycles. The van der Waals surface area contributed by atoms with Crippen molar-refractivity contribution in [3.05, 3.63) is 67.4 Å². The van der Waals surface area contributed by atoms with Crippen LogP contribution in [0.5, 0.6) is 5.75 Å². The fourth-order valence-corrected chi connectivity index (χ4v) is 6.93. The van der Waals surface area contributed by atoms with E-state index in [-0.39, 0.29) is 30.8 Å². The highest BCUT2D eigenvalue weighted by molar-refractivity contribution is 8.30. The number of carboxylic acids is 2. The highest BCUT2D eigenvalue weighted by Gasteiger charge is 2.35. The Kier molecular flexibility index (Phi) is 9.37. The summed E-state index contributed by atoms with van der Waals surface area (Å²) in [5.41, 5.74) is 0.511. The first kappa shape index (κ1) is 31.2. The number of aromatic nitrogens is 1. The average molecular weight is 653 g/mol. The number of benzene rings is 1. The summed E-state index contributed by atoms with van der Waals surface area (Å²) in [6, 6.07) is 6.87. The minimum atomic E-state index is -4.49. The van der Waals surface area contributed by atoms with Gasteiger partial charge in [0.1, 0.15) is 27.0 Å². The van der Waals surface area contributed by atoms with Crippen LogP contribution in [0.4, 0.5) is 5.69 Å². The summed E-state index contributed by atoms with van der Waals surface area (Å²) in [4.78, 5) is 51.3. The smallest absolute Gasteiger partial charge is 0.323 e. The molecule has 1 fully saturated rings. The number of ether oxygens (including phenoxy) is 1. The third kappa shape index (κ3) is 6.99. The first-order valence-corrected chi connectivity index (χ1v) is 15.7. The number of carboxylic acid groups (broad SMARTS) is 2. The summed E-state index contributed by atoms with van der Waals surface area (Å²) in [6.07, 6.45) is 5.13. The molecular formula is C25H22N3O10S4-. The van der Waals surface area contributed by atoms with Crippen molar-refractivity contribution in [2.24, 2.45) is 0 Å². The number of carbonyl (C=O) groups is 3. The largest absolute Gasteiger partial charge is 0.748 e. The summed E-state index contributed by atoms with van der Waals surface area (Å²) in [5.74, 6) is -3.28. The van der Waals surface area contributed by atoms with Gasteiger partial charge in [-0.1, -0.05) is 49.1 Å². The molecule has 0 aliphatic carbocycles. The molecule has 3 heterocycles. The van der Waals surface area contributed by atoms with Gasteiger partial charge in [0.25, 0.3) is 11.5 Å². The summed E-state index contributed by atoms with van der Waals surface area (Å²) >= 11 is 6.78. The van der Waals surface area contributed by atoms with Crippen LogP contribution in [0.1, 0.15) is 13.3 Å². The lowest BCUT2D eigenvalue weighted by atomic mass is 10.2. The second kappa shape index (κ2) is 12.6. The van der Waals surface area contributed by atoms with Gasteiger partial charge < -0.3 is 24.4 Å². The van der Waals surface area contributed by atoms with Crippen LogP contribution in [0.15, 0.2) is 52.7 Å². The van der Waals surface area contributed by atoms with Crippen LogP contribution >= 0.6 is 35.3 Å². The molecule has 0 unspecified atom stereocenters. The number of anilines is 1. The monoisotopic (exact) mass is 652 g/mol. The number of thiocarbonyl (C=S) groups is 1. The van der Waals surface area contributed by atoms with Gasteiger partial charge in [-0.05, 0) is 36.3 Å². The number of nitrogens with zero attached hydrogens (tertiary/aromatic N) is 3. The first-order valence-electron chi connectivity index (χ1n) is 12.1. The SMILES string of the molecule is CCC(=CC=C1Oc2ccccc2N1CCS(=O)(=O)[O-])C=c1s/c(=C2/SC(=S)N(CC(=O)O)C2=O)n(CC(=O)O)c1=O. The average Bonchev–Trinajstić information content (AvgIpc) is 3.51. The normalized spacial score (nSPS) is 18.2. The minimum Gasteiger partial charge on any atom is -0.748 e. The van der Waals surface area contributed by atoms with E-state index in [4.69, 9.17) is 22.1 Å². The fraction of sp³-hybridized carbons (Fsp3) is 0.240. The maximum absolute atomic E-state index is 13.3. The molecule has 4 rings (SSSR count). The van der Waals surface area contributed by atoms with E-state index in [0.29, 0.717) is 23.4 Å². The second-order valence-corrected chi connectivity index (χ2v) is 13.0. The third-order valence-electron chi connectivity index (χ3n) is 5.90. The number of thioether (sulfide) groups is 1. The Bertz CT molecular complexity index is 1840. The molecule has 222 valence electrons. The van der Waals surface area contributed by atoms with Crippen molar-refractivity contribution in [2.75, 3.05) is 23.7 Å². The van der Waals surface area contributed by atoms with Crippen LogP contribution in [-0.4, -0.2) is 73.7 Å². The molecule has 2 aromatic rings. The fourth-order valence-electron chi connectivity index (χ4n) is 3.99. The molecular weight excluding hydrogens is 631 g/mol. The van der Waals surface area contributed by atoms with Gasteiger partial charge in [0.2, 0.25) is 5.88 Å². The van der Waals surface area contributed by atoms with E-state index in [2.05, 4.69) is 0 Å². The Morgan fingerprint density at radius 1 is 1.12 bits per heavy atom. The number of amides is 1. The molecule has 42 heavy (non-hydrogen) atoms. The van der Waals surface area contributed by atoms with Gasteiger partial charge in [0.15, 0.2) is 5.75 Å². The molecule has 0 spiro atoms. The van der Waals surface area contributed by atoms with Crippen LogP contribution in [0.3, 0.4) is 0 Å². The Balaban J connectivity index is 1.78. The molecule has 1 aromatic heterocycles. The Labute approximate surface area is 252 Å². The Hall–Kier alpha value is -3.77. The summed E-state index contributed by atoms with van der Waals surface area (Å²) in [7, 11) is -4.49. The van der Waals surface area contributed by atoms with Crippen LogP contribution in [0.25, 0.3) is 11.0 Å².